The third-order valence-corrected chi connectivity index (χ3v) is 4.45. The molecule has 5 nitrogen and oxygen atoms in total. The number of hydrogen-bond donors (Lipinski definition) is 2. The number of nitrogens with one attached hydrogen (secondary N) is 1. The van der Waals surface area contributed by atoms with Crippen molar-refractivity contribution in [2.45, 2.75) is 12.8 Å². The molecule has 0 bridgehead atoms. The third-order valence-electron chi connectivity index (χ3n) is 4.45. The number of amides is 1. The Bertz CT molecular complexity index is 519. The molecular formula is C16H24N4O. The molecule has 0 atom stereocenters. The molecule has 1 saturated carbocycles. The van der Waals surface area contributed by atoms with Gasteiger partial charge in [0.25, 0.3) is 5.91 Å². The molecule has 1 heterocycles. The molecule has 1 amide bonds. The first kappa shape index (κ1) is 14.2. The first-order valence-electron chi connectivity index (χ1n) is 7.76. The van der Waals surface area contributed by atoms with Crippen molar-refractivity contribution in [3.05, 3.63) is 23.8 Å². The van der Waals surface area contributed by atoms with Crippen LogP contribution in [0.3, 0.4) is 0 Å². The normalized spacial score (nSPS) is 19.6. The molecule has 1 aliphatic carbocycles. The molecule has 0 radical (unpaired) electrons. The Morgan fingerprint density at radius 1 is 1.29 bits per heavy atom. The van der Waals surface area contributed by atoms with Crippen LogP contribution in [-0.2, 0) is 0 Å². The van der Waals surface area contributed by atoms with Gasteiger partial charge in [-0.15, -0.1) is 0 Å². The lowest BCUT2D eigenvalue weighted by Crippen LogP contribution is -2.47. The highest BCUT2D eigenvalue weighted by Crippen LogP contribution is 2.31. The molecule has 5 heteroatoms. The van der Waals surface area contributed by atoms with E-state index in [9.17, 15) is 4.79 Å². The quantitative estimate of drug-likeness (QED) is 0.816. The average Bonchev–Trinajstić information content (AvgIpc) is 3.32. The highest BCUT2D eigenvalue weighted by molar-refractivity contribution is 5.96. The lowest BCUT2D eigenvalue weighted by atomic mass is 10.1. The van der Waals surface area contributed by atoms with Gasteiger partial charge in [-0.1, -0.05) is 0 Å². The number of rotatable bonds is 4. The largest absolute Gasteiger partial charge is 0.397 e. The van der Waals surface area contributed by atoms with Crippen molar-refractivity contribution >= 4 is 17.3 Å². The second kappa shape index (κ2) is 5.93. The number of anilines is 2. The number of carbonyl (C=O) groups is 1. The van der Waals surface area contributed by atoms with Crippen molar-refractivity contribution in [3.8, 4) is 0 Å². The zero-order valence-electron chi connectivity index (χ0n) is 12.6. The van der Waals surface area contributed by atoms with Crippen LogP contribution in [0.25, 0.3) is 0 Å². The molecule has 0 spiro atoms. The van der Waals surface area contributed by atoms with Crippen LogP contribution in [-0.4, -0.2) is 50.6 Å². The summed E-state index contributed by atoms with van der Waals surface area (Å²) in [4.78, 5) is 16.6. The van der Waals surface area contributed by atoms with Crippen LogP contribution in [0.15, 0.2) is 18.2 Å². The molecule has 3 rings (SSSR count). The molecule has 0 unspecified atom stereocenters. The zero-order chi connectivity index (χ0) is 14.8. The summed E-state index contributed by atoms with van der Waals surface area (Å²) < 4.78 is 0. The summed E-state index contributed by atoms with van der Waals surface area (Å²) in [5.41, 5.74) is 8.51. The van der Waals surface area contributed by atoms with Gasteiger partial charge in [0.05, 0.1) is 11.4 Å². The molecule has 2 fully saturated rings. The van der Waals surface area contributed by atoms with E-state index in [-0.39, 0.29) is 5.91 Å². The minimum atomic E-state index is -0.0661. The van der Waals surface area contributed by atoms with Crippen molar-refractivity contribution in [2.24, 2.45) is 5.92 Å². The molecule has 21 heavy (non-hydrogen) atoms. The summed E-state index contributed by atoms with van der Waals surface area (Å²) in [5, 5.41) is 2.66. The fourth-order valence-corrected chi connectivity index (χ4v) is 2.94. The van der Waals surface area contributed by atoms with Gasteiger partial charge in [0.1, 0.15) is 0 Å². The van der Waals surface area contributed by atoms with Crippen molar-refractivity contribution in [2.75, 3.05) is 50.4 Å². The van der Waals surface area contributed by atoms with Gasteiger partial charge in [-0.25, -0.2) is 0 Å². The maximum Gasteiger partial charge on any atom is 0.251 e. The lowest BCUT2D eigenvalue weighted by molar-refractivity contribution is 0.0963. The summed E-state index contributed by atoms with van der Waals surface area (Å²) >= 11 is 0. The van der Waals surface area contributed by atoms with Crippen LogP contribution in [0.1, 0.15) is 23.2 Å². The number of hydrogen-bond acceptors (Lipinski definition) is 4. The van der Waals surface area contributed by atoms with Crippen molar-refractivity contribution in [3.63, 3.8) is 0 Å². The topological polar surface area (TPSA) is 61.6 Å². The average molecular weight is 288 g/mol. The highest BCUT2D eigenvalue weighted by atomic mass is 16.1. The number of nitrogens with zero attached hydrogens (tertiary/aromatic N) is 2. The Morgan fingerprint density at radius 2 is 2.00 bits per heavy atom. The monoisotopic (exact) mass is 288 g/mol. The number of benzene rings is 1. The Morgan fingerprint density at radius 3 is 2.62 bits per heavy atom. The number of nitrogen functional groups attached to an aromatic ring is 1. The Labute approximate surface area is 126 Å². The van der Waals surface area contributed by atoms with Gasteiger partial charge < -0.3 is 16.0 Å². The van der Waals surface area contributed by atoms with Crippen LogP contribution in [0, 0.1) is 5.92 Å². The minimum Gasteiger partial charge on any atom is -0.397 e. The zero-order valence-corrected chi connectivity index (χ0v) is 12.6. The molecule has 114 valence electrons. The minimum absolute atomic E-state index is 0.0661. The second-order valence-electron chi connectivity index (χ2n) is 6.08. The van der Waals surface area contributed by atoms with Crippen LogP contribution in [0.2, 0.25) is 0 Å². The third kappa shape index (κ3) is 3.29. The van der Waals surface area contributed by atoms with E-state index in [1.165, 1.54) is 19.4 Å². The second-order valence-corrected chi connectivity index (χ2v) is 6.08. The summed E-state index contributed by atoms with van der Waals surface area (Å²) in [7, 11) is 1.65. The van der Waals surface area contributed by atoms with E-state index < -0.39 is 0 Å². The number of piperazine rings is 1. The predicted molar refractivity (Wildman–Crippen MR) is 85.6 cm³/mol. The van der Waals surface area contributed by atoms with Gasteiger partial charge in [-0.3, -0.25) is 9.69 Å². The first-order valence-corrected chi connectivity index (χ1v) is 7.76. The van der Waals surface area contributed by atoms with E-state index in [0.29, 0.717) is 5.56 Å². The number of carbonyl (C=O) groups excluding carboxylic acids is 1. The van der Waals surface area contributed by atoms with Gasteiger partial charge >= 0.3 is 0 Å². The van der Waals surface area contributed by atoms with Crippen LogP contribution < -0.4 is 16.0 Å². The van der Waals surface area contributed by atoms with Crippen LogP contribution in [0.4, 0.5) is 11.4 Å². The molecule has 3 N–H and O–H groups in total. The lowest BCUT2D eigenvalue weighted by Gasteiger charge is -2.36. The molecule has 1 saturated heterocycles. The summed E-state index contributed by atoms with van der Waals surface area (Å²) in [6.45, 7) is 5.38. The summed E-state index contributed by atoms with van der Waals surface area (Å²) in [6.07, 6.45) is 2.81. The smallest absolute Gasteiger partial charge is 0.251 e. The summed E-state index contributed by atoms with van der Waals surface area (Å²) in [6, 6.07) is 5.52. The molecule has 0 aromatic heterocycles. The van der Waals surface area contributed by atoms with Crippen LogP contribution >= 0.6 is 0 Å². The SMILES string of the molecule is CNC(=O)c1ccc(N)c(N2CCN(CC3CC3)CC2)c1. The molecule has 2 aliphatic rings. The van der Waals surface area contributed by atoms with Crippen LogP contribution in [0.5, 0.6) is 0 Å². The Hall–Kier alpha value is -1.75. The summed E-state index contributed by atoms with van der Waals surface area (Å²) in [5.74, 6) is 0.877. The predicted octanol–water partition coefficient (Wildman–Crippen LogP) is 1.16. The van der Waals surface area contributed by atoms with Crippen molar-refractivity contribution < 1.29 is 4.79 Å². The van der Waals surface area contributed by atoms with E-state index in [4.69, 9.17) is 5.73 Å². The number of nitrogens with two attached hydrogens (primary N) is 1. The molecular weight excluding hydrogens is 264 g/mol. The van der Waals surface area contributed by atoms with Crippen molar-refractivity contribution in [1.29, 1.82) is 0 Å². The maximum atomic E-state index is 11.8. The fraction of sp³-hybridized carbons (Fsp3) is 0.562. The standard InChI is InChI=1S/C16H24N4O/c1-18-16(21)13-4-5-14(17)15(10-13)20-8-6-19(7-9-20)11-12-2-3-12/h4-5,10,12H,2-3,6-9,11,17H2,1H3,(H,18,21). The van der Waals surface area contributed by atoms with Gasteiger partial charge in [0.2, 0.25) is 0 Å². The highest BCUT2D eigenvalue weighted by Gasteiger charge is 2.26. The Kier molecular flexibility index (Phi) is 4.01. The Balaban J connectivity index is 1.67. The molecule has 1 aromatic rings. The van der Waals surface area contributed by atoms with E-state index >= 15 is 0 Å². The molecule has 1 aromatic carbocycles. The molecule has 1 aliphatic heterocycles. The first-order chi connectivity index (χ1) is 10.2. The van der Waals surface area contributed by atoms with Crippen molar-refractivity contribution in [1.82, 2.24) is 10.2 Å². The fourth-order valence-electron chi connectivity index (χ4n) is 2.94. The van der Waals surface area contributed by atoms with E-state index in [2.05, 4.69) is 15.1 Å². The van der Waals surface area contributed by atoms with E-state index in [0.717, 1.165) is 43.5 Å². The van der Waals surface area contributed by atoms with Gasteiger partial charge in [-0.05, 0) is 37.0 Å². The van der Waals surface area contributed by atoms with Gasteiger partial charge in [-0.2, -0.15) is 0 Å². The van der Waals surface area contributed by atoms with Gasteiger partial charge in [0, 0.05) is 45.3 Å². The van der Waals surface area contributed by atoms with Gasteiger partial charge in [0.15, 0.2) is 0 Å². The van der Waals surface area contributed by atoms with E-state index in [1.54, 1.807) is 13.1 Å². The maximum absolute atomic E-state index is 11.8. The van der Waals surface area contributed by atoms with E-state index in [1.807, 2.05) is 12.1 Å².